The van der Waals surface area contributed by atoms with Crippen LogP contribution >= 0.6 is 11.6 Å². The first kappa shape index (κ1) is 18.5. The first-order chi connectivity index (χ1) is 12.6. The van der Waals surface area contributed by atoms with Gasteiger partial charge in [0.25, 0.3) is 0 Å². The molecule has 0 saturated carbocycles. The van der Waals surface area contributed by atoms with Gasteiger partial charge in [-0.1, -0.05) is 35.9 Å². The van der Waals surface area contributed by atoms with Crippen molar-refractivity contribution in [1.29, 1.82) is 0 Å². The third-order valence-electron chi connectivity index (χ3n) is 4.81. The zero-order valence-electron chi connectivity index (χ0n) is 14.8. The van der Waals surface area contributed by atoms with Gasteiger partial charge in [0.15, 0.2) is 0 Å². The first-order valence-corrected chi connectivity index (χ1v) is 9.05. The number of carboxylic acid groups (broad SMARTS) is 1. The Hall–Kier alpha value is -2.24. The van der Waals surface area contributed by atoms with E-state index < -0.39 is 12.0 Å². The van der Waals surface area contributed by atoms with Gasteiger partial charge in [-0.2, -0.15) is 0 Å². The fraction of sp³-hybridized carbons (Fsp3) is 0.350. The summed E-state index contributed by atoms with van der Waals surface area (Å²) in [4.78, 5) is 16.2. The van der Waals surface area contributed by atoms with E-state index in [1.54, 1.807) is 19.2 Å². The molecule has 1 unspecified atom stereocenters. The van der Waals surface area contributed by atoms with Gasteiger partial charge in [0, 0.05) is 31.9 Å². The molecule has 0 aromatic heterocycles. The van der Waals surface area contributed by atoms with Crippen LogP contribution in [-0.4, -0.2) is 55.3 Å². The number of anilines is 1. The van der Waals surface area contributed by atoms with Crippen LogP contribution in [0.2, 0.25) is 5.02 Å². The van der Waals surface area contributed by atoms with E-state index in [9.17, 15) is 9.90 Å². The van der Waals surface area contributed by atoms with Crippen LogP contribution in [0, 0.1) is 0 Å². The number of para-hydroxylation sites is 1. The van der Waals surface area contributed by atoms with E-state index in [-0.39, 0.29) is 0 Å². The number of benzene rings is 2. The fourth-order valence-corrected chi connectivity index (χ4v) is 3.64. The second kappa shape index (κ2) is 8.43. The van der Waals surface area contributed by atoms with Gasteiger partial charge in [-0.25, -0.2) is 0 Å². The topological polar surface area (TPSA) is 53.0 Å². The Morgan fingerprint density at radius 1 is 1.15 bits per heavy atom. The van der Waals surface area contributed by atoms with E-state index in [0.717, 1.165) is 31.7 Å². The van der Waals surface area contributed by atoms with Gasteiger partial charge in [0.05, 0.1) is 12.1 Å². The number of carbonyl (C=O) groups is 1. The summed E-state index contributed by atoms with van der Waals surface area (Å²) in [5.41, 5.74) is 2.08. The number of halogens is 1. The lowest BCUT2D eigenvalue weighted by Crippen LogP contribution is -2.53. The lowest BCUT2D eigenvalue weighted by atomic mass is 10.0. The Morgan fingerprint density at radius 3 is 2.42 bits per heavy atom. The number of hydrogen-bond donors (Lipinski definition) is 1. The molecule has 1 heterocycles. The lowest BCUT2D eigenvalue weighted by Gasteiger charge is -2.38. The Labute approximate surface area is 158 Å². The molecule has 6 heteroatoms. The molecule has 1 aliphatic heterocycles. The normalized spacial score (nSPS) is 16.3. The Bertz CT molecular complexity index is 746. The molecule has 5 nitrogen and oxygen atoms in total. The number of carboxylic acids is 1. The zero-order chi connectivity index (χ0) is 18.5. The summed E-state index contributed by atoms with van der Waals surface area (Å²) in [6.45, 7) is 3.07. The van der Waals surface area contributed by atoms with Crippen molar-refractivity contribution in [1.82, 2.24) is 4.90 Å². The van der Waals surface area contributed by atoms with Crippen molar-refractivity contribution < 1.29 is 14.6 Å². The minimum Gasteiger partial charge on any atom is -0.495 e. The van der Waals surface area contributed by atoms with Crippen molar-refractivity contribution in [2.24, 2.45) is 0 Å². The molecule has 2 aromatic rings. The summed E-state index contributed by atoms with van der Waals surface area (Å²) < 4.78 is 5.16. The van der Waals surface area contributed by atoms with E-state index in [0.29, 0.717) is 17.2 Å². The molecule has 0 aliphatic carbocycles. The van der Waals surface area contributed by atoms with E-state index in [4.69, 9.17) is 16.3 Å². The standard InChI is InChI=1S/C20H23ClN2O3/c1-26-19-8-7-15(13-17(19)21)14-18(20(24)25)23-11-9-22(10-12-23)16-5-3-2-4-6-16/h2-8,13,18H,9-12,14H2,1H3,(H,24,25). The maximum atomic E-state index is 11.8. The van der Waals surface area contributed by atoms with E-state index in [2.05, 4.69) is 17.0 Å². The average Bonchev–Trinajstić information content (AvgIpc) is 2.67. The molecular weight excluding hydrogens is 352 g/mol. The molecule has 26 heavy (non-hydrogen) atoms. The summed E-state index contributed by atoms with van der Waals surface area (Å²) in [5.74, 6) is -0.205. The SMILES string of the molecule is COc1ccc(CC(C(=O)O)N2CCN(c3ccccc3)CC2)cc1Cl. The van der Waals surface area contributed by atoms with Crippen LogP contribution < -0.4 is 9.64 Å². The second-order valence-electron chi connectivity index (χ2n) is 6.39. The molecule has 1 aliphatic rings. The van der Waals surface area contributed by atoms with E-state index >= 15 is 0 Å². The predicted molar refractivity (Wildman–Crippen MR) is 103 cm³/mol. The van der Waals surface area contributed by atoms with Gasteiger partial charge in [-0.05, 0) is 36.2 Å². The quantitative estimate of drug-likeness (QED) is 0.841. The highest BCUT2D eigenvalue weighted by atomic mass is 35.5. The summed E-state index contributed by atoms with van der Waals surface area (Å²) in [5, 5.41) is 10.2. The highest BCUT2D eigenvalue weighted by Gasteiger charge is 2.29. The number of methoxy groups -OCH3 is 1. The summed E-state index contributed by atoms with van der Waals surface area (Å²) in [6, 6.07) is 15.1. The van der Waals surface area contributed by atoms with E-state index in [1.807, 2.05) is 29.2 Å². The molecule has 3 rings (SSSR count). The minimum absolute atomic E-state index is 0.421. The Kier molecular flexibility index (Phi) is 6.01. The smallest absolute Gasteiger partial charge is 0.321 e. The fourth-order valence-electron chi connectivity index (χ4n) is 3.36. The molecule has 1 saturated heterocycles. The maximum Gasteiger partial charge on any atom is 0.321 e. The van der Waals surface area contributed by atoms with Crippen LogP contribution in [-0.2, 0) is 11.2 Å². The molecular formula is C20H23ClN2O3. The Balaban J connectivity index is 1.66. The largest absolute Gasteiger partial charge is 0.495 e. The lowest BCUT2D eigenvalue weighted by molar-refractivity contribution is -0.143. The monoisotopic (exact) mass is 374 g/mol. The van der Waals surface area contributed by atoms with Crippen LogP contribution in [0.3, 0.4) is 0 Å². The van der Waals surface area contributed by atoms with Crippen LogP contribution in [0.5, 0.6) is 5.75 Å². The molecule has 1 atom stereocenters. The van der Waals surface area contributed by atoms with Crippen molar-refractivity contribution >= 4 is 23.3 Å². The van der Waals surface area contributed by atoms with Gasteiger partial charge in [0.2, 0.25) is 0 Å². The maximum absolute atomic E-state index is 11.8. The Morgan fingerprint density at radius 2 is 1.85 bits per heavy atom. The van der Waals surface area contributed by atoms with Crippen molar-refractivity contribution in [2.45, 2.75) is 12.5 Å². The number of ether oxygens (including phenoxy) is 1. The number of piperazine rings is 1. The molecule has 1 N–H and O–H groups in total. The number of hydrogen-bond acceptors (Lipinski definition) is 4. The average molecular weight is 375 g/mol. The minimum atomic E-state index is -0.801. The van der Waals surface area contributed by atoms with Crippen molar-refractivity contribution in [2.75, 3.05) is 38.2 Å². The molecule has 0 amide bonds. The van der Waals surface area contributed by atoms with Crippen molar-refractivity contribution in [3.63, 3.8) is 0 Å². The highest BCUT2D eigenvalue weighted by molar-refractivity contribution is 6.32. The van der Waals surface area contributed by atoms with Gasteiger partial charge in [-0.3, -0.25) is 9.69 Å². The van der Waals surface area contributed by atoms with Gasteiger partial charge in [0.1, 0.15) is 11.8 Å². The van der Waals surface area contributed by atoms with Crippen molar-refractivity contribution in [3.05, 3.63) is 59.1 Å². The first-order valence-electron chi connectivity index (χ1n) is 8.67. The van der Waals surface area contributed by atoms with E-state index in [1.165, 1.54) is 5.69 Å². The van der Waals surface area contributed by atoms with Gasteiger partial charge in [-0.15, -0.1) is 0 Å². The summed E-state index contributed by atoms with van der Waals surface area (Å²) in [7, 11) is 1.56. The second-order valence-corrected chi connectivity index (χ2v) is 6.79. The molecule has 1 fully saturated rings. The zero-order valence-corrected chi connectivity index (χ0v) is 15.5. The van der Waals surface area contributed by atoms with Crippen LogP contribution in [0.1, 0.15) is 5.56 Å². The molecule has 0 spiro atoms. The van der Waals surface area contributed by atoms with Gasteiger partial charge < -0.3 is 14.7 Å². The summed E-state index contributed by atoms with van der Waals surface area (Å²) in [6.07, 6.45) is 0.421. The number of nitrogens with zero attached hydrogens (tertiary/aromatic N) is 2. The molecule has 138 valence electrons. The molecule has 0 radical (unpaired) electrons. The number of aliphatic carboxylic acids is 1. The summed E-state index contributed by atoms with van der Waals surface area (Å²) >= 11 is 6.17. The molecule has 2 aromatic carbocycles. The third kappa shape index (κ3) is 4.29. The van der Waals surface area contributed by atoms with Crippen molar-refractivity contribution in [3.8, 4) is 5.75 Å². The van der Waals surface area contributed by atoms with Crippen LogP contribution in [0.15, 0.2) is 48.5 Å². The van der Waals surface area contributed by atoms with Crippen LogP contribution in [0.4, 0.5) is 5.69 Å². The number of rotatable bonds is 6. The van der Waals surface area contributed by atoms with Gasteiger partial charge >= 0.3 is 5.97 Å². The highest BCUT2D eigenvalue weighted by Crippen LogP contribution is 2.26. The molecule has 0 bridgehead atoms. The third-order valence-corrected chi connectivity index (χ3v) is 5.10. The predicted octanol–water partition coefficient (Wildman–Crippen LogP) is 3.17. The van der Waals surface area contributed by atoms with Crippen LogP contribution in [0.25, 0.3) is 0 Å².